The van der Waals surface area contributed by atoms with E-state index in [2.05, 4.69) is 31.4 Å². The zero-order chi connectivity index (χ0) is 13.0. The Bertz CT molecular complexity index is 560. The molecule has 0 aliphatic heterocycles. The molecule has 2 aromatic rings. The van der Waals surface area contributed by atoms with E-state index in [1.807, 2.05) is 24.4 Å². The van der Waals surface area contributed by atoms with Gasteiger partial charge >= 0.3 is 0 Å². The SMILES string of the molecule is CC/C(=N/NC(=O)c1cc(Br)c[nH]1)c1cccs1. The average molecular weight is 326 g/mol. The molecule has 0 saturated carbocycles. The molecule has 2 heterocycles. The van der Waals surface area contributed by atoms with Crippen molar-refractivity contribution in [3.05, 3.63) is 44.8 Å². The molecule has 6 heteroatoms. The second-order valence-corrected chi connectivity index (χ2v) is 5.43. The van der Waals surface area contributed by atoms with E-state index < -0.39 is 0 Å². The largest absolute Gasteiger partial charge is 0.356 e. The van der Waals surface area contributed by atoms with Gasteiger partial charge in [-0.3, -0.25) is 4.79 Å². The molecule has 94 valence electrons. The monoisotopic (exact) mass is 325 g/mol. The lowest BCUT2D eigenvalue weighted by Crippen LogP contribution is -2.20. The number of rotatable bonds is 4. The number of aromatic amines is 1. The molecule has 0 saturated heterocycles. The maximum absolute atomic E-state index is 11.8. The van der Waals surface area contributed by atoms with Gasteiger partial charge in [0.25, 0.3) is 5.91 Å². The maximum Gasteiger partial charge on any atom is 0.287 e. The molecule has 0 unspecified atom stereocenters. The van der Waals surface area contributed by atoms with Crippen LogP contribution in [0.1, 0.15) is 28.7 Å². The fourth-order valence-corrected chi connectivity index (χ4v) is 2.56. The Balaban J connectivity index is 2.07. The van der Waals surface area contributed by atoms with E-state index >= 15 is 0 Å². The summed E-state index contributed by atoms with van der Waals surface area (Å²) in [4.78, 5) is 15.7. The maximum atomic E-state index is 11.8. The minimum atomic E-state index is -0.247. The molecule has 4 nitrogen and oxygen atoms in total. The zero-order valence-electron chi connectivity index (χ0n) is 9.74. The number of aromatic nitrogens is 1. The van der Waals surface area contributed by atoms with Crippen LogP contribution in [-0.4, -0.2) is 16.6 Å². The molecule has 0 radical (unpaired) electrons. The van der Waals surface area contributed by atoms with Crippen LogP contribution in [0.15, 0.2) is 39.4 Å². The number of carbonyl (C=O) groups excluding carboxylic acids is 1. The normalized spacial score (nSPS) is 11.6. The minimum absolute atomic E-state index is 0.247. The number of amides is 1. The smallest absolute Gasteiger partial charge is 0.287 e. The number of hydrogen-bond donors (Lipinski definition) is 2. The molecule has 0 aliphatic carbocycles. The van der Waals surface area contributed by atoms with Crippen molar-refractivity contribution in [3.63, 3.8) is 0 Å². The molecule has 0 atom stereocenters. The summed E-state index contributed by atoms with van der Waals surface area (Å²) in [5, 5.41) is 6.15. The topological polar surface area (TPSA) is 57.2 Å². The second-order valence-electron chi connectivity index (χ2n) is 3.56. The van der Waals surface area contributed by atoms with E-state index in [4.69, 9.17) is 0 Å². The third-order valence-electron chi connectivity index (χ3n) is 2.33. The Hall–Kier alpha value is -1.40. The molecule has 0 bridgehead atoms. The minimum Gasteiger partial charge on any atom is -0.356 e. The molecule has 0 aromatic carbocycles. The van der Waals surface area contributed by atoms with Crippen molar-refractivity contribution in [3.8, 4) is 0 Å². The van der Waals surface area contributed by atoms with Crippen molar-refractivity contribution < 1.29 is 4.79 Å². The van der Waals surface area contributed by atoms with E-state index in [0.717, 1.165) is 21.5 Å². The number of H-pyrrole nitrogens is 1. The first kappa shape index (κ1) is 13.0. The van der Waals surface area contributed by atoms with Gasteiger partial charge in [-0.1, -0.05) is 13.0 Å². The number of hydrogen-bond acceptors (Lipinski definition) is 3. The van der Waals surface area contributed by atoms with Crippen LogP contribution in [0, 0.1) is 0 Å². The molecular formula is C12H12BrN3OS. The first-order valence-corrected chi connectivity index (χ1v) is 7.12. The first-order valence-electron chi connectivity index (χ1n) is 5.45. The van der Waals surface area contributed by atoms with Crippen LogP contribution >= 0.6 is 27.3 Å². The predicted molar refractivity (Wildman–Crippen MR) is 77.1 cm³/mol. The first-order chi connectivity index (χ1) is 8.70. The van der Waals surface area contributed by atoms with Gasteiger partial charge in [0.2, 0.25) is 0 Å². The summed E-state index contributed by atoms with van der Waals surface area (Å²) in [5.74, 6) is -0.247. The third kappa shape index (κ3) is 3.08. The lowest BCUT2D eigenvalue weighted by atomic mass is 10.2. The van der Waals surface area contributed by atoms with E-state index in [0.29, 0.717) is 5.69 Å². The molecule has 0 fully saturated rings. The van der Waals surface area contributed by atoms with Crippen molar-refractivity contribution in [2.24, 2.45) is 5.10 Å². The van der Waals surface area contributed by atoms with Crippen LogP contribution in [0.25, 0.3) is 0 Å². The van der Waals surface area contributed by atoms with E-state index in [1.165, 1.54) is 0 Å². The van der Waals surface area contributed by atoms with Crippen LogP contribution in [0.4, 0.5) is 0 Å². The van der Waals surface area contributed by atoms with Crippen LogP contribution in [-0.2, 0) is 0 Å². The lowest BCUT2D eigenvalue weighted by molar-refractivity contribution is 0.0950. The van der Waals surface area contributed by atoms with Gasteiger partial charge in [0, 0.05) is 10.7 Å². The Morgan fingerprint density at radius 3 is 3.00 bits per heavy atom. The van der Waals surface area contributed by atoms with Gasteiger partial charge in [0.05, 0.1) is 10.6 Å². The highest BCUT2D eigenvalue weighted by Gasteiger charge is 2.08. The fourth-order valence-electron chi connectivity index (χ4n) is 1.43. The highest BCUT2D eigenvalue weighted by Crippen LogP contribution is 2.12. The number of nitrogens with zero attached hydrogens (tertiary/aromatic N) is 1. The van der Waals surface area contributed by atoms with Crippen molar-refractivity contribution in [2.45, 2.75) is 13.3 Å². The number of nitrogens with one attached hydrogen (secondary N) is 2. The Kier molecular flexibility index (Phi) is 4.33. The van der Waals surface area contributed by atoms with Gasteiger partial charge in [-0.05, 0) is 39.9 Å². The zero-order valence-corrected chi connectivity index (χ0v) is 12.1. The van der Waals surface area contributed by atoms with Gasteiger partial charge in [0.15, 0.2) is 0 Å². The highest BCUT2D eigenvalue weighted by atomic mass is 79.9. The molecular weight excluding hydrogens is 314 g/mol. The Morgan fingerprint density at radius 2 is 2.44 bits per heavy atom. The summed E-state index contributed by atoms with van der Waals surface area (Å²) < 4.78 is 0.839. The van der Waals surface area contributed by atoms with Crippen LogP contribution in [0.2, 0.25) is 0 Å². The summed E-state index contributed by atoms with van der Waals surface area (Å²) >= 11 is 4.89. The number of halogens is 1. The van der Waals surface area contributed by atoms with Gasteiger partial charge in [-0.15, -0.1) is 11.3 Å². The molecule has 2 rings (SSSR count). The molecule has 1 amide bonds. The standard InChI is InChI=1S/C12H12BrN3OS/c1-2-9(11-4-3-5-18-11)15-16-12(17)10-6-8(13)7-14-10/h3-7,14H,2H2,1H3,(H,16,17)/b15-9-. The Labute approximate surface area is 117 Å². The number of carbonyl (C=O) groups is 1. The van der Waals surface area contributed by atoms with Crippen molar-refractivity contribution in [1.82, 2.24) is 10.4 Å². The molecule has 18 heavy (non-hydrogen) atoms. The van der Waals surface area contributed by atoms with Crippen LogP contribution < -0.4 is 5.43 Å². The van der Waals surface area contributed by atoms with Crippen LogP contribution in [0.5, 0.6) is 0 Å². The van der Waals surface area contributed by atoms with Crippen molar-refractivity contribution in [1.29, 1.82) is 0 Å². The predicted octanol–water partition coefficient (Wildman–Crippen LogP) is 3.38. The lowest BCUT2D eigenvalue weighted by Gasteiger charge is -2.01. The van der Waals surface area contributed by atoms with Crippen molar-refractivity contribution >= 4 is 38.9 Å². The molecule has 0 aliphatic rings. The summed E-state index contributed by atoms with van der Waals surface area (Å²) in [5.41, 5.74) is 3.91. The average Bonchev–Trinajstić information content (AvgIpc) is 3.01. The summed E-state index contributed by atoms with van der Waals surface area (Å²) in [7, 11) is 0. The highest BCUT2D eigenvalue weighted by molar-refractivity contribution is 9.10. The third-order valence-corrected chi connectivity index (χ3v) is 3.70. The van der Waals surface area contributed by atoms with E-state index in [9.17, 15) is 4.79 Å². The molecule has 2 aromatic heterocycles. The van der Waals surface area contributed by atoms with Gasteiger partial charge in [0.1, 0.15) is 5.69 Å². The van der Waals surface area contributed by atoms with Gasteiger partial charge in [-0.2, -0.15) is 5.10 Å². The number of hydrazone groups is 1. The quantitative estimate of drug-likeness (QED) is 0.657. The fraction of sp³-hybridized carbons (Fsp3) is 0.167. The van der Waals surface area contributed by atoms with Gasteiger partial charge < -0.3 is 4.98 Å². The summed E-state index contributed by atoms with van der Waals surface area (Å²) in [6.45, 7) is 2.01. The summed E-state index contributed by atoms with van der Waals surface area (Å²) in [6, 6.07) is 5.67. The van der Waals surface area contributed by atoms with Crippen LogP contribution in [0.3, 0.4) is 0 Å². The van der Waals surface area contributed by atoms with Gasteiger partial charge in [-0.25, -0.2) is 5.43 Å². The number of thiophene rings is 1. The van der Waals surface area contributed by atoms with E-state index in [-0.39, 0.29) is 5.91 Å². The molecule has 0 spiro atoms. The van der Waals surface area contributed by atoms with Crippen molar-refractivity contribution in [2.75, 3.05) is 0 Å². The Morgan fingerprint density at radius 1 is 1.61 bits per heavy atom. The second kappa shape index (κ2) is 5.97. The molecule has 2 N–H and O–H groups in total. The van der Waals surface area contributed by atoms with E-state index in [1.54, 1.807) is 23.6 Å². The summed E-state index contributed by atoms with van der Waals surface area (Å²) in [6.07, 6.45) is 2.48.